The number of H-pyrrole nitrogens is 1. The van der Waals surface area contributed by atoms with Crippen LogP contribution in [-0.2, 0) is 0 Å². The highest BCUT2D eigenvalue weighted by molar-refractivity contribution is 6.36. The molecular formula is C20H12ClF2N3O3. The highest BCUT2D eigenvalue weighted by atomic mass is 35.5. The number of carbonyl (C=O) groups excluding carboxylic acids is 1. The number of pyridine rings is 1. The van der Waals surface area contributed by atoms with E-state index in [1.54, 1.807) is 30.3 Å². The largest absolute Gasteiger partial charge is 0.450 e. The molecule has 2 aromatic carbocycles. The molecule has 1 amide bonds. The Bertz CT molecular complexity index is 1180. The summed E-state index contributed by atoms with van der Waals surface area (Å²) >= 11 is 6.07. The first-order valence-electron chi connectivity index (χ1n) is 8.33. The number of aromatic nitrogens is 2. The molecule has 9 heteroatoms. The summed E-state index contributed by atoms with van der Waals surface area (Å²) in [6.45, 7) is 0. The Labute approximate surface area is 168 Å². The quantitative estimate of drug-likeness (QED) is 0.435. The number of hydrogen-bond acceptors (Lipinski definition) is 4. The predicted molar refractivity (Wildman–Crippen MR) is 104 cm³/mol. The second kappa shape index (κ2) is 7.76. The Morgan fingerprint density at radius 1 is 1.10 bits per heavy atom. The van der Waals surface area contributed by atoms with Gasteiger partial charge in [-0.2, -0.15) is 0 Å². The SMILES string of the molecule is O=C(Nc1cc(F)c(Oc2ccnc3[nH]cc(Cl)c23)c(F)c1)Oc1ccccc1. The lowest BCUT2D eigenvalue weighted by atomic mass is 10.2. The van der Waals surface area contributed by atoms with Gasteiger partial charge in [0.25, 0.3) is 0 Å². The number of carbonyl (C=O) groups is 1. The van der Waals surface area contributed by atoms with E-state index < -0.39 is 23.5 Å². The van der Waals surface area contributed by atoms with Gasteiger partial charge in [0.1, 0.15) is 17.1 Å². The highest BCUT2D eigenvalue weighted by Crippen LogP contribution is 2.36. The molecule has 0 fully saturated rings. The van der Waals surface area contributed by atoms with Gasteiger partial charge in [0.2, 0.25) is 0 Å². The van der Waals surface area contributed by atoms with Crippen molar-refractivity contribution in [2.24, 2.45) is 0 Å². The number of rotatable bonds is 4. The first kappa shape index (κ1) is 18.7. The lowest BCUT2D eigenvalue weighted by Crippen LogP contribution is -2.17. The van der Waals surface area contributed by atoms with Crippen LogP contribution in [0.15, 0.2) is 60.9 Å². The molecule has 0 atom stereocenters. The van der Waals surface area contributed by atoms with E-state index in [1.807, 2.05) is 0 Å². The third-order valence-electron chi connectivity index (χ3n) is 3.90. The zero-order valence-corrected chi connectivity index (χ0v) is 15.3. The Morgan fingerprint density at radius 2 is 1.83 bits per heavy atom. The standard InChI is InChI=1S/C20H12ClF2N3O3/c21-13-10-25-19-17(13)16(6-7-24-19)29-18-14(22)8-11(9-15(18)23)26-20(27)28-12-4-2-1-3-5-12/h1-10H,(H,24,25)(H,26,27). The lowest BCUT2D eigenvalue weighted by Gasteiger charge is -2.11. The topological polar surface area (TPSA) is 76.2 Å². The van der Waals surface area contributed by atoms with Crippen molar-refractivity contribution in [2.45, 2.75) is 0 Å². The van der Waals surface area contributed by atoms with E-state index >= 15 is 0 Å². The molecule has 0 saturated heterocycles. The van der Waals surface area contributed by atoms with Crippen molar-refractivity contribution in [1.82, 2.24) is 9.97 Å². The molecule has 29 heavy (non-hydrogen) atoms. The van der Waals surface area contributed by atoms with Gasteiger partial charge in [-0.25, -0.2) is 18.6 Å². The molecule has 4 aromatic rings. The Balaban J connectivity index is 1.55. The molecule has 0 unspecified atom stereocenters. The van der Waals surface area contributed by atoms with E-state index in [0.29, 0.717) is 16.1 Å². The monoisotopic (exact) mass is 415 g/mol. The van der Waals surface area contributed by atoms with Crippen molar-refractivity contribution in [1.29, 1.82) is 0 Å². The van der Waals surface area contributed by atoms with E-state index in [1.165, 1.54) is 18.5 Å². The average molecular weight is 416 g/mol. The van der Waals surface area contributed by atoms with Crippen LogP contribution in [0, 0.1) is 11.6 Å². The highest BCUT2D eigenvalue weighted by Gasteiger charge is 2.18. The average Bonchev–Trinajstić information content (AvgIpc) is 3.07. The van der Waals surface area contributed by atoms with Gasteiger partial charge in [-0.3, -0.25) is 5.32 Å². The number of fused-ring (bicyclic) bond motifs is 1. The van der Waals surface area contributed by atoms with Crippen LogP contribution in [0.3, 0.4) is 0 Å². The van der Waals surface area contributed by atoms with E-state index in [0.717, 1.165) is 12.1 Å². The Kier molecular flexibility index (Phi) is 5.01. The minimum Gasteiger partial charge on any atom is -0.450 e. The summed E-state index contributed by atoms with van der Waals surface area (Å²) in [7, 11) is 0. The van der Waals surface area contributed by atoms with Gasteiger partial charge >= 0.3 is 6.09 Å². The normalized spacial score (nSPS) is 10.7. The van der Waals surface area contributed by atoms with Gasteiger partial charge in [-0.1, -0.05) is 29.8 Å². The van der Waals surface area contributed by atoms with Crippen LogP contribution in [0.1, 0.15) is 0 Å². The number of anilines is 1. The second-order valence-corrected chi connectivity index (χ2v) is 6.28. The molecular weight excluding hydrogens is 404 g/mol. The first-order valence-corrected chi connectivity index (χ1v) is 8.71. The smallest absolute Gasteiger partial charge is 0.417 e. The molecule has 0 saturated carbocycles. The third-order valence-corrected chi connectivity index (χ3v) is 4.20. The predicted octanol–water partition coefficient (Wildman–Crippen LogP) is 5.90. The molecule has 0 radical (unpaired) electrons. The van der Waals surface area contributed by atoms with Crippen molar-refractivity contribution in [3.63, 3.8) is 0 Å². The second-order valence-electron chi connectivity index (χ2n) is 5.87. The van der Waals surface area contributed by atoms with Gasteiger partial charge in [0.05, 0.1) is 16.1 Å². The van der Waals surface area contributed by atoms with E-state index in [9.17, 15) is 13.6 Å². The number of hydrogen-bond donors (Lipinski definition) is 2. The van der Waals surface area contributed by atoms with Crippen molar-refractivity contribution in [3.05, 3.63) is 77.6 Å². The van der Waals surface area contributed by atoms with E-state index in [2.05, 4.69) is 15.3 Å². The molecule has 146 valence electrons. The van der Waals surface area contributed by atoms with E-state index in [4.69, 9.17) is 21.1 Å². The summed E-state index contributed by atoms with van der Waals surface area (Å²) in [4.78, 5) is 18.8. The maximum atomic E-state index is 14.5. The van der Waals surface area contributed by atoms with Crippen LogP contribution in [0.4, 0.5) is 19.3 Å². The molecule has 4 rings (SSSR count). The summed E-state index contributed by atoms with van der Waals surface area (Å²) in [5.41, 5.74) is 0.281. The number of ether oxygens (including phenoxy) is 2. The maximum Gasteiger partial charge on any atom is 0.417 e. The van der Waals surface area contributed by atoms with Gasteiger partial charge in [0.15, 0.2) is 17.4 Å². The van der Waals surface area contributed by atoms with Crippen LogP contribution in [0.25, 0.3) is 11.0 Å². The lowest BCUT2D eigenvalue weighted by molar-refractivity contribution is 0.215. The Hall–Kier alpha value is -3.65. The minimum atomic E-state index is -1.02. The van der Waals surface area contributed by atoms with Crippen LogP contribution in [-0.4, -0.2) is 16.1 Å². The van der Waals surface area contributed by atoms with Crippen molar-refractivity contribution in [2.75, 3.05) is 5.32 Å². The number of halogens is 3. The summed E-state index contributed by atoms with van der Waals surface area (Å²) in [5, 5.41) is 2.95. The summed E-state index contributed by atoms with van der Waals surface area (Å²) in [6.07, 6.45) is 2.01. The van der Waals surface area contributed by atoms with Gasteiger partial charge in [-0.15, -0.1) is 0 Å². The number of nitrogens with one attached hydrogen (secondary N) is 2. The number of para-hydroxylation sites is 1. The molecule has 0 bridgehead atoms. The van der Waals surface area contributed by atoms with Crippen LogP contribution in [0.5, 0.6) is 17.2 Å². The Morgan fingerprint density at radius 3 is 2.55 bits per heavy atom. The molecule has 2 aromatic heterocycles. The minimum absolute atomic E-state index is 0.128. The van der Waals surface area contributed by atoms with Crippen molar-refractivity contribution < 1.29 is 23.0 Å². The molecule has 0 aliphatic rings. The number of benzene rings is 2. The number of aromatic amines is 1. The molecule has 0 aliphatic carbocycles. The maximum absolute atomic E-state index is 14.5. The molecule has 0 aliphatic heterocycles. The zero-order chi connectivity index (χ0) is 20.4. The molecule has 6 nitrogen and oxygen atoms in total. The van der Waals surface area contributed by atoms with Crippen LogP contribution in [0.2, 0.25) is 5.02 Å². The summed E-state index contributed by atoms with van der Waals surface area (Å²) < 4.78 is 39.4. The number of amides is 1. The fourth-order valence-corrected chi connectivity index (χ4v) is 2.89. The fraction of sp³-hybridized carbons (Fsp3) is 0. The number of nitrogens with zero attached hydrogens (tertiary/aromatic N) is 1. The van der Waals surface area contributed by atoms with Crippen LogP contribution < -0.4 is 14.8 Å². The molecule has 0 spiro atoms. The molecule has 2 N–H and O–H groups in total. The zero-order valence-electron chi connectivity index (χ0n) is 14.6. The van der Waals surface area contributed by atoms with Crippen molar-refractivity contribution in [3.8, 4) is 17.2 Å². The summed E-state index contributed by atoms with van der Waals surface area (Å²) in [6, 6.07) is 11.5. The molecule has 2 heterocycles. The third kappa shape index (κ3) is 3.97. The van der Waals surface area contributed by atoms with Gasteiger partial charge in [-0.05, 0) is 18.2 Å². The van der Waals surface area contributed by atoms with Gasteiger partial charge < -0.3 is 14.5 Å². The van der Waals surface area contributed by atoms with Crippen molar-refractivity contribution >= 4 is 34.4 Å². The van der Waals surface area contributed by atoms with Crippen LogP contribution >= 0.6 is 11.6 Å². The van der Waals surface area contributed by atoms with E-state index in [-0.39, 0.29) is 17.2 Å². The first-order chi connectivity index (χ1) is 14.0. The fourth-order valence-electron chi connectivity index (χ4n) is 2.65. The van der Waals surface area contributed by atoms with Gasteiger partial charge in [0, 0.05) is 24.5 Å². The summed E-state index contributed by atoms with van der Waals surface area (Å²) in [5.74, 6) is -2.26.